The van der Waals surface area contributed by atoms with E-state index in [4.69, 9.17) is 10.2 Å². The number of aromatic carboxylic acids is 1. The summed E-state index contributed by atoms with van der Waals surface area (Å²) in [5.41, 5.74) is 0.331. The van der Waals surface area contributed by atoms with Gasteiger partial charge in [0.25, 0.3) is 7.37 Å². The third-order valence-electron chi connectivity index (χ3n) is 4.59. The first-order valence-electron chi connectivity index (χ1n) is 11.1. The number of hydrogen-bond donors (Lipinski definition) is 4. The first-order chi connectivity index (χ1) is 16.0. The van der Waals surface area contributed by atoms with E-state index >= 15 is 0 Å². The molecule has 4 N–H and O–H groups in total. The topological polar surface area (TPSA) is 115 Å². The molecule has 0 spiro atoms. The first-order valence-corrected chi connectivity index (χ1v) is 12.8. The molecule has 0 aliphatic rings. The standard InChI is InChI=1S/C12H11O2P.C8H18O2.C7H6O2/c13-15(14,11-7-3-1-4-8-11)12-9-5-2-6-10-12;1-6(2)4-8(10)5-7(3)9;8-7(9)6-4-2-1-3-5-6/h1-10H,(H,13,14);6-10H,4-5H2,1-3H3;1-5H,(H,8,9). The minimum Gasteiger partial charge on any atom is -0.478 e. The van der Waals surface area contributed by atoms with Crippen molar-refractivity contribution < 1.29 is 29.6 Å². The molecule has 184 valence electrons. The number of aliphatic hydroxyl groups is 2. The highest BCUT2D eigenvalue weighted by atomic mass is 31.2. The third kappa shape index (κ3) is 11.4. The van der Waals surface area contributed by atoms with Gasteiger partial charge in [-0.05, 0) is 62.1 Å². The Bertz CT molecular complexity index is 938. The lowest BCUT2D eigenvalue weighted by Crippen LogP contribution is -2.16. The quantitative estimate of drug-likeness (QED) is 0.367. The van der Waals surface area contributed by atoms with Crippen LogP contribution >= 0.6 is 7.37 Å². The van der Waals surface area contributed by atoms with Gasteiger partial charge in [-0.2, -0.15) is 0 Å². The summed E-state index contributed by atoms with van der Waals surface area (Å²) in [6.45, 7) is 5.82. The summed E-state index contributed by atoms with van der Waals surface area (Å²) in [7, 11) is -3.40. The van der Waals surface area contributed by atoms with Crippen LogP contribution in [0.1, 0.15) is 44.0 Å². The van der Waals surface area contributed by atoms with E-state index in [1.165, 1.54) is 0 Å². The van der Waals surface area contributed by atoms with E-state index in [0.717, 1.165) is 6.42 Å². The van der Waals surface area contributed by atoms with E-state index < -0.39 is 13.3 Å². The highest BCUT2D eigenvalue weighted by Crippen LogP contribution is 2.37. The zero-order chi connectivity index (χ0) is 25.6. The molecule has 0 radical (unpaired) electrons. The fraction of sp³-hybridized carbons (Fsp3) is 0.296. The van der Waals surface area contributed by atoms with Crippen LogP contribution in [0.5, 0.6) is 0 Å². The molecule has 2 unspecified atom stereocenters. The lowest BCUT2D eigenvalue weighted by molar-refractivity contribution is 0.0695. The molecule has 6 nitrogen and oxygen atoms in total. The molecule has 0 bridgehead atoms. The molecule has 34 heavy (non-hydrogen) atoms. The molecule has 7 heteroatoms. The molecular formula is C27H35O6P. The fourth-order valence-corrected chi connectivity index (χ4v) is 4.47. The van der Waals surface area contributed by atoms with Crippen molar-refractivity contribution in [2.75, 3.05) is 0 Å². The summed E-state index contributed by atoms with van der Waals surface area (Å²) in [5.74, 6) is -0.371. The lowest BCUT2D eigenvalue weighted by Gasteiger charge is -2.13. The molecule has 0 aliphatic carbocycles. The van der Waals surface area contributed by atoms with Crippen molar-refractivity contribution >= 4 is 23.9 Å². The van der Waals surface area contributed by atoms with Crippen molar-refractivity contribution in [3.8, 4) is 0 Å². The first kappa shape index (κ1) is 29.3. The predicted octanol–water partition coefficient (Wildman–Crippen LogP) is 4.46. The molecule has 0 saturated heterocycles. The second-order valence-corrected chi connectivity index (χ2v) is 10.5. The normalized spacial score (nSPS) is 12.4. The number of hydrogen-bond acceptors (Lipinski definition) is 4. The molecule has 0 amide bonds. The molecule has 3 rings (SSSR count). The van der Waals surface area contributed by atoms with Crippen LogP contribution in [-0.4, -0.2) is 38.4 Å². The van der Waals surface area contributed by atoms with Gasteiger partial charge in [0, 0.05) is 10.6 Å². The van der Waals surface area contributed by atoms with Gasteiger partial charge in [0.1, 0.15) is 0 Å². The van der Waals surface area contributed by atoms with Crippen LogP contribution < -0.4 is 10.6 Å². The number of aliphatic hydroxyl groups excluding tert-OH is 2. The number of carbonyl (C=O) groups is 1. The Morgan fingerprint density at radius 2 is 1.12 bits per heavy atom. The van der Waals surface area contributed by atoms with E-state index in [0.29, 0.717) is 28.5 Å². The average molecular weight is 487 g/mol. The summed E-state index contributed by atoms with van der Waals surface area (Å²) in [6, 6.07) is 25.7. The Morgan fingerprint density at radius 1 is 0.735 bits per heavy atom. The highest BCUT2D eigenvalue weighted by Gasteiger charge is 2.22. The van der Waals surface area contributed by atoms with Crippen LogP contribution in [0.15, 0.2) is 91.0 Å². The lowest BCUT2D eigenvalue weighted by atomic mass is 10.0. The Kier molecular flexibility index (Phi) is 13.1. The number of carboxylic acids is 1. The summed E-state index contributed by atoms with van der Waals surface area (Å²) in [6.07, 6.45) is 0.567. The maximum Gasteiger partial charge on any atom is 0.335 e. The molecule has 0 heterocycles. The average Bonchev–Trinajstić information content (AvgIpc) is 2.80. The minimum absolute atomic E-state index is 0.331. The van der Waals surface area contributed by atoms with Gasteiger partial charge >= 0.3 is 5.97 Å². The van der Waals surface area contributed by atoms with Gasteiger partial charge in [-0.25, -0.2) is 4.79 Å². The molecule has 3 aromatic carbocycles. The van der Waals surface area contributed by atoms with Crippen LogP contribution in [-0.2, 0) is 4.57 Å². The summed E-state index contributed by atoms with van der Waals surface area (Å²) in [4.78, 5) is 20.2. The number of carboxylic acid groups (broad SMARTS) is 1. The van der Waals surface area contributed by atoms with E-state index in [1.807, 2.05) is 12.1 Å². The third-order valence-corrected chi connectivity index (χ3v) is 6.59. The summed E-state index contributed by atoms with van der Waals surface area (Å²) < 4.78 is 12.2. The van der Waals surface area contributed by atoms with Crippen molar-refractivity contribution in [3.05, 3.63) is 96.6 Å². The van der Waals surface area contributed by atoms with Gasteiger partial charge in [0.15, 0.2) is 0 Å². The van der Waals surface area contributed by atoms with Crippen LogP contribution in [0.4, 0.5) is 0 Å². The van der Waals surface area contributed by atoms with E-state index in [9.17, 15) is 19.4 Å². The summed E-state index contributed by atoms with van der Waals surface area (Å²) in [5, 5.41) is 27.4. The second-order valence-electron chi connectivity index (χ2n) is 8.29. The summed E-state index contributed by atoms with van der Waals surface area (Å²) >= 11 is 0. The zero-order valence-corrected chi connectivity index (χ0v) is 20.8. The Morgan fingerprint density at radius 3 is 1.41 bits per heavy atom. The highest BCUT2D eigenvalue weighted by molar-refractivity contribution is 7.73. The largest absolute Gasteiger partial charge is 0.478 e. The van der Waals surface area contributed by atoms with Gasteiger partial charge in [0.2, 0.25) is 0 Å². The predicted molar refractivity (Wildman–Crippen MR) is 137 cm³/mol. The second kappa shape index (κ2) is 15.2. The molecule has 0 aliphatic heterocycles. The Hall–Kier alpha value is -2.76. The Labute approximate surface area is 202 Å². The maximum atomic E-state index is 12.2. The van der Waals surface area contributed by atoms with Crippen molar-refractivity contribution in [1.82, 2.24) is 0 Å². The maximum absolute atomic E-state index is 12.2. The SMILES string of the molecule is CC(C)CC(O)CC(C)O.O=C(O)c1ccccc1.O=P(O)(c1ccccc1)c1ccccc1. The van der Waals surface area contributed by atoms with Crippen molar-refractivity contribution in [2.24, 2.45) is 5.92 Å². The molecule has 3 aromatic rings. The van der Waals surface area contributed by atoms with Gasteiger partial charge in [0.05, 0.1) is 17.8 Å². The van der Waals surface area contributed by atoms with Crippen molar-refractivity contribution in [1.29, 1.82) is 0 Å². The molecular weight excluding hydrogens is 451 g/mol. The van der Waals surface area contributed by atoms with Gasteiger partial charge in [-0.15, -0.1) is 0 Å². The van der Waals surface area contributed by atoms with Gasteiger partial charge in [-0.3, -0.25) is 4.57 Å². The van der Waals surface area contributed by atoms with Crippen LogP contribution in [0, 0.1) is 5.92 Å². The molecule has 2 atom stereocenters. The smallest absolute Gasteiger partial charge is 0.335 e. The minimum atomic E-state index is -3.40. The van der Waals surface area contributed by atoms with Gasteiger partial charge < -0.3 is 20.2 Å². The van der Waals surface area contributed by atoms with Crippen LogP contribution in [0.25, 0.3) is 0 Å². The zero-order valence-electron chi connectivity index (χ0n) is 19.9. The van der Waals surface area contributed by atoms with Crippen LogP contribution in [0.2, 0.25) is 0 Å². The molecule has 0 aromatic heterocycles. The van der Waals surface area contributed by atoms with Gasteiger partial charge in [-0.1, -0.05) is 68.4 Å². The molecule has 0 saturated carbocycles. The van der Waals surface area contributed by atoms with E-state index in [-0.39, 0.29) is 12.2 Å². The van der Waals surface area contributed by atoms with Crippen LogP contribution in [0.3, 0.4) is 0 Å². The number of benzene rings is 3. The van der Waals surface area contributed by atoms with E-state index in [2.05, 4.69) is 13.8 Å². The number of rotatable bonds is 7. The van der Waals surface area contributed by atoms with Crippen molar-refractivity contribution in [2.45, 2.75) is 45.8 Å². The fourth-order valence-electron chi connectivity index (χ4n) is 3.02. The van der Waals surface area contributed by atoms with E-state index in [1.54, 1.807) is 85.8 Å². The Balaban J connectivity index is 0.000000268. The monoisotopic (exact) mass is 486 g/mol. The molecule has 0 fully saturated rings. The van der Waals surface area contributed by atoms with Crippen molar-refractivity contribution in [3.63, 3.8) is 0 Å².